The summed E-state index contributed by atoms with van der Waals surface area (Å²) >= 11 is 5.94. The fraction of sp³-hybridized carbons (Fsp3) is 0.111. The van der Waals surface area contributed by atoms with Crippen molar-refractivity contribution in [2.24, 2.45) is 0 Å². The first kappa shape index (κ1) is 16.8. The van der Waals surface area contributed by atoms with Gasteiger partial charge in [-0.25, -0.2) is 4.79 Å². The van der Waals surface area contributed by atoms with Gasteiger partial charge in [-0.2, -0.15) is 0 Å². The van der Waals surface area contributed by atoms with Crippen molar-refractivity contribution in [2.75, 3.05) is 0 Å². The van der Waals surface area contributed by atoms with Gasteiger partial charge in [0.25, 0.3) is 5.91 Å². The molecule has 0 aliphatic heterocycles. The Morgan fingerprint density at radius 3 is 2.39 bits per heavy atom. The van der Waals surface area contributed by atoms with Gasteiger partial charge in [0.2, 0.25) is 0 Å². The van der Waals surface area contributed by atoms with Crippen LogP contribution < -0.4 is 5.32 Å². The zero-order valence-electron chi connectivity index (χ0n) is 12.3. The van der Waals surface area contributed by atoms with E-state index in [1.165, 1.54) is 0 Å². The highest BCUT2D eigenvalue weighted by atomic mass is 35.5. The number of rotatable bonds is 6. The summed E-state index contributed by atoms with van der Waals surface area (Å²) in [6.45, 7) is 0. The van der Waals surface area contributed by atoms with Gasteiger partial charge in [0.05, 0.1) is 10.6 Å². The first-order valence-corrected chi connectivity index (χ1v) is 7.45. The molecule has 4 nitrogen and oxygen atoms in total. The van der Waals surface area contributed by atoms with Crippen LogP contribution in [0.1, 0.15) is 22.3 Å². The molecule has 0 aromatic heterocycles. The van der Waals surface area contributed by atoms with E-state index in [9.17, 15) is 14.7 Å². The predicted octanol–water partition coefficient (Wildman–Crippen LogP) is 3.63. The molecule has 0 aliphatic carbocycles. The molecular weight excluding hydrogens is 314 g/mol. The summed E-state index contributed by atoms with van der Waals surface area (Å²) in [5, 5.41) is 12.0. The molecular formula is C18H16ClNO3. The molecule has 2 aromatic rings. The van der Waals surface area contributed by atoms with Gasteiger partial charge in [-0.3, -0.25) is 4.79 Å². The van der Waals surface area contributed by atoms with E-state index in [4.69, 9.17) is 11.6 Å². The molecule has 2 rings (SSSR count). The molecule has 1 atom stereocenters. The molecule has 0 spiro atoms. The van der Waals surface area contributed by atoms with Crippen LogP contribution in [0, 0.1) is 0 Å². The third-order valence-electron chi connectivity index (χ3n) is 3.20. The zero-order chi connectivity index (χ0) is 16.7. The molecule has 5 heteroatoms. The van der Waals surface area contributed by atoms with Crippen LogP contribution in [0.15, 0.2) is 60.7 Å². The largest absolute Gasteiger partial charge is 0.480 e. The fourth-order valence-corrected chi connectivity index (χ4v) is 2.23. The lowest BCUT2D eigenvalue weighted by Gasteiger charge is -2.13. The van der Waals surface area contributed by atoms with Crippen LogP contribution in [0.4, 0.5) is 0 Å². The second kappa shape index (κ2) is 8.15. The molecule has 2 N–H and O–H groups in total. The maximum Gasteiger partial charge on any atom is 0.326 e. The molecule has 0 unspecified atom stereocenters. The lowest BCUT2D eigenvalue weighted by molar-refractivity contribution is -0.139. The predicted molar refractivity (Wildman–Crippen MR) is 90.4 cm³/mol. The van der Waals surface area contributed by atoms with Crippen molar-refractivity contribution in [1.29, 1.82) is 0 Å². The SMILES string of the molecule is O=C(N[C@@H](C/C=C/c1ccccc1)C(=O)O)c1ccccc1Cl. The van der Waals surface area contributed by atoms with E-state index >= 15 is 0 Å². The quantitative estimate of drug-likeness (QED) is 0.850. The van der Waals surface area contributed by atoms with Gasteiger partial charge in [-0.15, -0.1) is 0 Å². The number of amides is 1. The number of aliphatic carboxylic acids is 1. The van der Waals surface area contributed by atoms with E-state index < -0.39 is 17.9 Å². The van der Waals surface area contributed by atoms with Crippen LogP contribution in [0.25, 0.3) is 6.08 Å². The smallest absolute Gasteiger partial charge is 0.326 e. The topological polar surface area (TPSA) is 66.4 Å². The third-order valence-corrected chi connectivity index (χ3v) is 3.53. The van der Waals surface area contributed by atoms with Crippen molar-refractivity contribution in [2.45, 2.75) is 12.5 Å². The van der Waals surface area contributed by atoms with Gasteiger partial charge in [-0.1, -0.05) is 66.2 Å². The van der Waals surface area contributed by atoms with Crippen molar-refractivity contribution in [3.8, 4) is 0 Å². The first-order valence-electron chi connectivity index (χ1n) is 7.07. The number of carbonyl (C=O) groups is 2. The van der Waals surface area contributed by atoms with Gasteiger partial charge in [0.1, 0.15) is 6.04 Å². The Balaban J connectivity index is 2.02. The van der Waals surface area contributed by atoms with Gasteiger partial charge in [0.15, 0.2) is 0 Å². The zero-order valence-corrected chi connectivity index (χ0v) is 13.0. The molecule has 1 amide bonds. The number of halogens is 1. The number of benzene rings is 2. The molecule has 0 bridgehead atoms. The number of carboxylic acid groups (broad SMARTS) is 1. The molecule has 0 fully saturated rings. The second-order valence-corrected chi connectivity index (χ2v) is 5.30. The average Bonchev–Trinajstić information content (AvgIpc) is 2.55. The van der Waals surface area contributed by atoms with E-state index in [1.54, 1.807) is 30.3 Å². The summed E-state index contributed by atoms with van der Waals surface area (Å²) in [7, 11) is 0. The molecule has 0 saturated carbocycles. The minimum atomic E-state index is -1.09. The van der Waals surface area contributed by atoms with Crippen molar-refractivity contribution in [3.63, 3.8) is 0 Å². The van der Waals surface area contributed by atoms with Gasteiger partial charge < -0.3 is 10.4 Å². The van der Waals surface area contributed by atoms with Crippen LogP contribution in [0.3, 0.4) is 0 Å². The molecule has 23 heavy (non-hydrogen) atoms. The Morgan fingerprint density at radius 2 is 1.74 bits per heavy atom. The van der Waals surface area contributed by atoms with Gasteiger partial charge >= 0.3 is 5.97 Å². The Morgan fingerprint density at radius 1 is 1.09 bits per heavy atom. The summed E-state index contributed by atoms with van der Waals surface area (Å²) in [5.41, 5.74) is 1.22. The van der Waals surface area contributed by atoms with Crippen molar-refractivity contribution >= 4 is 29.6 Å². The molecule has 0 aliphatic rings. The molecule has 0 radical (unpaired) electrons. The average molecular weight is 330 g/mol. The number of nitrogens with one attached hydrogen (secondary N) is 1. The van der Waals surface area contributed by atoms with Crippen LogP contribution in [0.5, 0.6) is 0 Å². The molecule has 2 aromatic carbocycles. The lowest BCUT2D eigenvalue weighted by Crippen LogP contribution is -2.40. The van der Waals surface area contributed by atoms with Crippen LogP contribution >= 0.6 is 11.6 Å². The minimum Gasteiger partial charge on any atom is -0.480 e. The Kier molecular flexibility index (Phi) is 5.94. The molecule has 0 heterocycles. The Hall–Kier alpha value is -2.59. The van der Waals surface area contributed by atoms with E-state index in [0.717, 1.165) is 5.56 Å². The fourth-order valence-electron chi connectivity index (χ4n) is 2.01. The van der Waals surface area contributed by atoms with E-state index in [2.05, 4.69) is 5.32 Å². The van der Waals surface area contributed by atoms with Gasteiger partial charge in [0, 0.05) is 0 Å². The summed E-state index contributed by atoms with van der Waals surface area (Å²) in [5.74, 6) is -1.60. The highest BCUT2D eigenvalue weighted by molar-refractivity contribution is 6.33. The molecule has 0 saturated heterocycles. The summed E-state index contributed by atoms with van der Waals surface area (Å²) < 4.78 is 0. The van der Waals surface area contributed by atoms with Crippen LogP contribution in [-0.4, -0.2) is 23.0 Å². The maximum atomic E-state index is 12.1. The van der Waals surface area contributed by atoms with Crippen molar-refractivity contribution < 1.29 is 14.7 Å². The Labute approximate surface area is 139 Å². The summed E-state index contributed by atoms with van der Waals surface area (Å²) in [6, 6.07) is 15.0. The summed E-state index contributed by atoms with van der Waals surface area (Å²) in [4.78, 5) is 23.4. The van der Waals surface area contributed by atoms with Crippen molar-refractivity contribution in [3.05, 3.63) is 76.8 Å². The van der Waals surface area contributed by atoms with Crippen molar-refractivity contribution in [1.82, 2.24) is 5.32 Å². The number of hydrogen-bond acceptors (Lipinski definition) is 2. The van der Waals surface area contributed by atoms with E-state index in [0.29, 0.717) is 0 Å². The highest BCUT2D eigenvalue weighted by Gasteiger charge is 2.20. The van der Waals surface area contributed by atoms with Crippen LogP contribution in [-0.2, 0) is 4.79 Å². The number of carbonyl (C=O) groups excluding carboxylic acids is 1. The Bertz CT molecular complexity index is 713. The summed E-state index contributed by atoms with van der Waals surface area (Å²) in [6.07, 6.45) is 3.72. The minimum absolute atomic E-state index is 0.181. The number of hydrogen-bond donors (Lipinski definition) is 2. The standard InChI is InChI=1S/C18H16ClNO3/c19-15-11-5-4-10-14(15)17(21)20-16(18(22)23)12-6-9-13-7-2-1-3-8-13/h1-11,16H,12H2,(H,20,21)(H,22,23)/b9-6+/t16-/m0/s1. The molecule has 118 valence electrons. The highest BCUT2D eigenvalue weighted by Crippen LogP contribution is 2.15. The van der Waals surface area contributed by atoms with Crippen LogP contribution in [0.2, 0.25) is 5.02 Å². The van der Waals surface area contributed by atoms with E-state index in [-0.39, 0.29) is 17.0 Å². The first-order chi connectivity index (χ1) is 11.1. The second-order valence-electron chi connectivity index (χ2n) is 4.89. The monoisotopic (exact) mass is 329 g/mol. The normalized spacial score (nSPS) is 12.0. The third kappa shape index (κ3) is 4.97. The maximum absolute atomic E-state index is 12.1. The lowest BCUT2D eigenvalue weighted by atomic mass is 10.1. The number of carboxylic acids is 1. The van der Waals surface area contributed by atoms with Gasteiger partial charge in [-0.05, 0) is 24.1 Å². The van der Waals surface area contributed by atoms with E-state index in [1.807, 2.05) is 36.4 Å².